The highest BCUT2D eigenvalue weighted by atomic mass is 16.5. The van der Waals surface area contributed by atoms with Gasteiger partial charge < -0.3 is 24.1 Å². The van der Waals surface area contributed by atoms with Gasteiger partial charge in [0.15, 0.2) is 0 Å². The van der Waals surface area contributed by atoms with E-state index in [1.54, 1.807) is 6.07 Å². The zero-order valence-electron chi connectivity index (χ0n) is 25.0. The monoisotopic (exact) mass is 588 g/mol. The molecule has 0 radical (unpaired) electrons. The van der Waals surface area contributed by atoms with Crippen LogP contribution in [0.2, 0.25) is 0 Å². The molecule has 43 heavy (non-hydrogen) atoms. The molecular formula is C34H40N2O7. The Morgan fingerprint density at radius 2 is 1.86 bits per heavy atom. The number of esters is 2. The predicted molar refractivity (Wildman–Crippen MR) is 159 cm³/mol. The molecule has 2 bridgehead atoms. The fourth-order valence-electron chi connectivity index (χ4n) is 7.26. The van der Waals surface area contributed by atoms with E-state index in [9.17, 15) is 19.2 Å². The number of rotatable bonds is 2. The molecule has 1 aromatic carbocycles. The van der Waals surface area contributed by atoms with Crippen LogP contribution in [0.5, 0.6) is 5.88 Å². The van der Waals surface area contributed by atoms with Gasteiger partial charge in [-0.15, -0.1) is 0 Å². The highest BCUT2D eigenvalue weighted by Gasteiger charge is 2.50. The topological polar surface area (TPSA) is 115 Å². The van der Waals surface area contributed by atoms with Gasteiger partial charge in [0.25, 0.3) is 0 Å². The van der Waals surface area contributed by atoms with Gasteiger partial charge in [-0.25, -0.2) is 4.79 Å². The molecule has 1 amide bonds. The van der Waals surface area contributed by atoms with Gasteiger partial charge in [0.2, 0.25) is 17.2 Å². The third kappa shape index (κ3) is 6.02. The quantitative estimate of drug-likeness (QED) is 0.406. The number of fused-ring (bicyclic) bond motifs is 5. The van der Waals surface area contributed by atoms with E-state index in [0.29, 0.717) is 17.3 Å². The minimum absolute atomic E-state index is 0.0118. The maximum Gasteiger partial charge on any atom is 0.328 e. The lowest BCUT2D eigenvalue weighted by molar-refractivity contribution is -0.158. The van der Waals surface area contributed by atoms with E-state index in [0.717, 1.165) is 51.4 Å². The van der Waals surface area contributed by atoms with Crippen LogP contribution in [0.3, 0.4) is 0 Å². The molecular weight excluding hydrogens is 548 g/mol. The van der Waals surface area contributed by atoms with E-state index >= 15 is 0 Å². The van der Waals surface area contributed by atoms with Crippen molar-refractivity contribution >= 4 is 28.7 Å². The second kappa shape index (κ2) is 12.1. The Morgan fingerprint density at radius 1 is 1.07 bits per heavy atom. The van der Waals surface area contributed by atoms with Crippen LogP contribution < -0.4 is 10.2 Å². The van der Waals surface area contributed by atoms with Gasteiger partial charge >= 0.3 is 11.9 Å². The van der Waals surface area contributed by atoms with Crippen LogP contribution in [0.15, 0.2) is 29.1 Å². The summed E-state index contributed by atoms with van der Waals surface area (Å²) in [5.74, 6) is 4.96. The van der Waals surface area contributed by atoms with Gasteiger partial charge in [0, 0.05) is 18.2 Å². The summed E-state index contributed by atoms with van der Waals surface area (Å²) in [7, 11) is 1.30. The standard InChI is InChI=1S/C34H40N2O7/c1-34(15-9-4-10-16-34)25-19-29(37)43-28-17-21(28)11-5-3-6-13-24-30(38)23-12-7-8-14-26(23)35-31(24)42-22-18-27(33(40)41-2)36(20-22)32(25)39/h7-8,12,14,21-22,25,27-28H,3-5,9-11,15-20H2,1-2H3,(H,35,38)/t21-,22-,25-,27+,28-/m1/s1. The number of nitrogens with zero attached hydrogens (tertiary/aromatic N) is 1. The zero-order chi connectivity index (χ0) is 30.1. The second-order valence-corrected chi connectivity index (χ2v) is 12.9. The number of hydrogen-bond acceptors (Lipinski definition) is 7. The van der Waals surface area contributed by atoms with E-state index in [4.69, 9.17) is 14.2 Å². The molecule has 2 aliphatic carbocycles. The van der Waals surface area contributed by atoms with Crippen molar-refractivity contribution in [3.8, 4) is 17.7 Å². The molecule has 3 fully saturated rings. The Bertz CT molecular complexity index is 1530. The molecule has 9 nitrogen and oxygen atoms in total. The smallest absolute Gasteiger partial charge is 0.328 e. The molecule has 228 valence electrons. The molecule has 1 aromatic heterocycles. The van der Waals surface area contributed by atoms with Gasteiger partial charge in [-0.2, -0.15) is 0 Å². The summed E-state index contributed by atoms with van der Waals surface area (Å²) >= 11 is 0. The highest BCUT2D eigenvalue weighted by Crippen LogP contribution is 2.46. The first kappa shape index (κ1) is 29.3. The van der Waals surface area contributed by atoms with Crippen LogP contribution in [-0.4, -0.2) is 59.6 Å². The summed E-state index contributed by atoms with van der Waals surface area (Å²) in [5.41, 5.74) is 0.254. The Morgan fingerprint density at radius 3 is 2.65 bits per heavy atom. The summed E-state index contributed by atoms with van der Waals surface area (Å²) in [6.45, 7) is 2.21. The molecule has 3 heterocycles. The van der Waals surface area contributed by atoms with Crippen molar-refractivity contribution in [1.82, 2.24) is 9.88 Å². The maximum absolute atomic E-state index is 14.4. The molecule has 2 aromatic rings. The lowest BCUT2D eigenvalue weighted by Crippen LogP contribution is -2.49. The average Bonchev–Trinajstić information content (AvgIpc) is 3.59. The molecule has 4 aliphatic rings. The lowest BCUT2D eigenvalue weighted by atomic mass is 9.65. The van der Waals surface area contributed by atoms with Gasteiger partial charge in [0.1, 0.15) is 23.8 Å². The van der Waals surface area contributed by atoms with E-state index < -0.39 is 24.0 Å². The number of carbonyl (C=O) groups is 3. The van der Waals surface area contributed by atoms with Gasteiger partial charge in [0.05, 0.1) is 31.5 Å². The SMILES string of the molecule is COC(=O)[C@@H]1C[C@@H]2CN1C(=O)[C@H](C1(C)CCCCC1)CC(=O)O[C@@H]1C[C@H]1CCCC#Cc1c([nH]c3ccccc3c1=O)O2. The first-order valence-electron chi connectivity index (χ1n) is 15.7. The number of benzene rings is 1. The third-order valence-corrected chi connectivity index (χ3v) is 9.91. The molecule has 0 unspecified atom stereocenters. The van der Waals surface area contributed by atoms with Gasteiger partial charge in [-0.3, -0.25) is 14.4 Å². The van der Waals surface area contributed by atoms with Crippen LogP contribution in [0.1, 0.15) is 83.1 Å². The number of aromatic nitrogens is 1. The van der Waals surface area contributed by atoms with E-state index in [1.807, 2.05) is 18.2 Å². The number of para-hydroxylation sites is 1. The van der Waals surface area contributed by atoms with Gasteiger partial charge in [-0.05, 0) is 55.6 Å². The lowest BCUT2D eigenvalue weighted by Gasteiger charge is -2.41. The Balaban J connectivity index is 1.38. The average molecular weight is 589 g/mol. The molecule has 2 aliphatic heterocycles. The van der Waals surface area contributed by atoms with Crippen LogP contribution in [0.25, 0.3) is 10.9 Å². The zero-order valence-corrected chi connectivity index (χ0v) is 25.0. The second-order valence-electron chi connectivity index (χ2n) is 12.9. The summed E-state index contributed by atoms with van der Waals surface area (Å²) in [6, 6.07) is 6.34. The third-order valence-electron chi connectivity index (χ3n) is 9.91. The largest absolute Gasteiger partial charge is 0.473 e. The van der Waals surface area contributed by atoms with Crippen molar-refractivity contribution in [2.75, 3.05) is 13.7 Å². The summed E-state index contributed by atoms with van der Waals surface area (Å²) in [5, 5.41) is 0.517. The molecule has 5 atom stereocenters. The summed E-state index contributed by atoms with van der Waals surface area (Å²) in [6.07, 6.45) is 7.32. The van der Waals surface area contributed by atoms with E-state index in [1.165, 1.54) is 12.0 Å². The fourth-order valence-corrected chi connectivity index (χ4v) is 7.26. The number of hydrogen-bond donors (Lipinski definition) is 1. The Labute approximate surface area is 251 Å². The molecule has 1 N–H and O–H groups in total. The Hall–Kier alpha value is -3.80. The van der Waals surface area contributed by atoms with Crippen LogP contribution in [0.4, 0.5) is 0 Å². The molecule has 1 saturated heterocycles. The first-order chi connectivity index (χ1) is 20.8. The van der Waals surface area contributed by atoms with Crippen molar-refractivity contribution in [3.63, 3.8) is 0 Å². The van der Waals surface area contributed by atoms with Crippen molar-refractivity contribution < 1.29 is 28.6 Å². The molecule has 2 saturated carbocycles. The van der Waals surface area contributed by atoms with Crippen LogP contribution >= 0.6 is 0 Å². The summed E-state index contributed by atoms with van der Waals surface area (Å²) < 4.78 is 17.4. The van der Waals surface area contributed by atoms with E-state index in [-0.39, 0.29) is 65.6 Å². The summed E-state index contributed by atoms with van der Waals surface area (Å²) in [4.78, 5) is 59.0. The fraction of sp³-hybridized carbons (Fsp3) is 0.588. The predicted octanol–water partition coefficient (Wildman–Crippen LogP) is 4.49. The molecule has 6 rings (SSSR count). The Kier molecular flexibility index (Phi) is 8.21. The van der Waals surface area contributed by atoms with Crippen LogP contribution in [0, 0.1) is 29.1 Å². The van der Waals surface area contributed by atoms with Crippen molar-refractivity contribution in [2.45, 2.75) is 95.8 Å². The number of pyridine rings is 1. The minimum Gasteiger partial charge on any atom is -0.473 e. The maximum atomic E-state index is 14.4. The highest BCUT2D eigenvalue weighted by molar-refractivity contribution is 5.89. The van der Waals surface area contributed by atoms with Gasteiger partial charge in [-0.1, -0.05) is 50.2 Å². The van der Waals surface area contributed by atoms with E-state index in [2.05, 4.69) is 23.7 Å². The van der Waals surface area contributed by atoms with Crippen molar-refractivity contribution in [3.05, 3.63) is 40.1 Å². The number of aromatic amines is 1. The minimum atomic E-state index is -0.871. The molecule has 0 spiro atoms. The van der Waals surface area contributed by atoms with Crippen molar-refractivity contribution in [2.24, 2.45) is 17.3 Å². The number of amides is 1. The first-order valence-corrected chi connectivity index (χ1v) is 15.7. The number of H-pyrrole nitrogens is 1. The normalized spacial score (nSPS) is 29.1. The molecule has 9 heteroatoms. The number of ether oxygens (including phenoxy) is 3. The number of carbonyl (C=O) groups excluding carboxylic acids is 3. The number of nitrogens with one attached hydrogen (secondary N) is 1. The number of methoxy groups -OCH3 is 1. The van der Waals surface area contributed by atoms with Crippen molar-refractivity contribution in [1.29, 1.82) is 0 Å². The van der Waals surface area contributed by atoms with Crippen LogP contribution in [-0.2, 0) is 23.9 Å².